The maximum atomic E-state index is 11.5. The van der Waals surface area contributed by atoms with Gasteiger partial charge in [-0.05, 0) is 25.5 Å². The third-order valence-corrected chi connectivity index (χ3v) is 2.84. The number of carbonyl (C=O) groups excluding carboxylic acids is 1. The molecule has 1 rings (SSSR count). The molecule has 0 fully saturated rings. The van der Waals surface area contributed by atoms with Crippen molar-refractivity contribution in [1.29, 1.82) is 0 Å². The molecular weight excluding hydrogens is 240 g/mol. The normalized spacial score (nSPS) is 11.9. The maximum absolute atomic E-state index is 11.5. The number of ether oxygens (including phenoxy) is 1. The molecule has 0 heterocycles. The van der Waals surface area contributed by atoms with E-state index in [-0.39, 0.29) is 11.9 Å². The highest BCUT2D eigenvalue weighted by Gasteiger charge is 2.04. The van der Waals surface area contributed by atoms with E-state index in [0.29, 0.717) is 19.6 Å². The van der Waals surface area contributed by atoms with Crippen molar-refractivity contribution in [2.24, 2.45) is 0 Å². The fourth-order valence-corrected chi connectivity index (χ4v) is 1.53. The fraction of sp³-hybridized carbons (Fsp3) is 0.533. The van der Waals surface area contributed by atoms with Crippen LogP contribution in [0.2, 0.25) is 0 Å². The molecule has 0 aromatic heterocycles. The van der Waals surface area contributed by atoms with Crippen molar-refractivity contribution in [3.63, 3.8) is 0 Å². The van der Waals surface area contributed by atoms with Gasteiger partial charge in [0.05, 0.1) is 0 Å². The second-order valence-electron chi connectivity index (χ2n) is 4.54. The van der Waals surface area contributed by atoms with Crippen molar-refractivity contribution in [1.82, 2.24) is 10.6 Å². The van der Waals surface area contributed by atoms with Gasteiger partial charge in [0.25, 0.3) is 0 Å². The lowest BCUT2D eigenvalue weighted by atomic mass is 10.2. The summed E-state index contributed by atoms with van der Waals surface area (Å²) < 4.78 is 5.53. The van der Waals surface area contributed by atoms with E-state index in [0.717, 1.165) is 18.7 Å². The Balaban J connectivity index is 1.98. The van der Waals surface area contributed by atoms with Crippen LogP contribution in [0.1, 0.15) is 26.7 Å². The van der Waals surface area contributed by atoms with Crippen LogP contribution in [0.3, 0.4) is 0 Å². The zero-order valence-electron chi connectivity index (χ0n) is 11.8. The minimum Gasteiger partial charge on any atom is -0.492 e. The van der Waals surface area contributed by atoms with Crippen LogP contribution in [0.5, 0.6) is 5.75 Å². The Labute approximate surface area is 115 Å². The summed E-state index contributed by atoms with van der Waals surface area (Å²) in [4.78, 5) is 11.5. The molecule has 4 heteroatoms. The Kier molecular flexibility index (Phi) is 7.66. The average molecular weight is 264 g/mol. The van der Waals surface area contributed by atoms with Gasteiger partial charge in [-0.1, -0.05) is 25.1 Å². The number of carbonyl (C=O) groups is 1. The van der Waals surface area contributed by atoms with Gasteiger partial charge in [-0.25, -0.2) is 0 Å². The van der Waals surface area contributed by atoms with E-state index >= 15 is 0 Å². The second kappa shape index (κ2) is 9.39. The van der Waals surface area contributed by atoms with Crippen molar-refractivity contribution in [3.05, 3.63) is 30.3 Å². The Morgan fingerprint density at radius 1 is 1.26 bits per heavy atom. The van der Waals surface area contributed by atoms with Gasteiger partial charge >= 0.3 is 0 Å². The molecule has 19 heavy (non-hydrogen) atoms. The molecule has 0 aliphatic heterocycles. The summed E-state index contributed by atoms with van der Waals surface area (Å²) in [6, 6.07) is 9.97. The number of hydrogen-bond donors (Lipinski definition) is 2. The largest absolute Gasteiger partial charge is 0.492 e. The van der Waals surface area contributed by atoms with E-state index in [4.69, 9.17) is 4.74 Å². The SMILES string of the molecule is CCC(C)NC(=O)CCNCCOc1ccccc1. The first-order valence-electron chi connectivity index (χ1n) is 6.90. The molecule has 0 saturated heterocycles. The minimum atomic E-state index is 0.103. The lowest BCUT2D eigenvalue weighted by Crippen LogP contribution is -2.34. The van der Waals surface area contributed by atoms with Crippen molar-refractivity contribution < 1.29 is 9.53 Å². The topological polar surface area (TPSA) is 50.4 Å². The number of amides is 1. The molecule has 1 unspecified atom stereocenters. The monoisotopic (exact) mass is 264 g/mol. The Morgan fingerprint density at radius 3 is 2.68 bits per heavy atom. The first kappa shape index (κ1) is 15.5. The van der Waals surface area contributed by atoms with E-state index in [2.05, 4.69) is 17.6 Å². The molecule has 2 N–H and O–H groups in total. The molecule has 1 aromatic rings. The van der Waals surface area contributed by atoms with Crippen LogP contribution in [0.4, 0.5) is 0 Å². The molecule has 0 bridgehead atoms. The predicted octanol–water partition coefficient (Wildman–Crippen LogP) is 1.96. The highest BCUT2D eigenvalue weighted by atomic mass is 16.5. The summed E-state index contributed by atoms with van der Waals surface area (Å²) in [5.41, 5.74) is 0. The zero-order valence-corrected chi connectivity index (χ0v) is 11.8. The van der Waals surface area contributed by atoms with Gasteiger partial charge in [0.15, 0.2) is 0 Å². The van der Waals surface area contributed by atoms with Crippen LogP contribution in [0.15, 0.2) is 30.3 Å². The molecule has 0 radical (unpaired) electrons. The molecule has 0 aliphatic carbocycles. The van der Waals surface area contributed by atoms with E-state index < -0.39 is 0 Å². The van der Waals surface area contributed by atoms with Crippen LogP contribution in [0, 0.1) is 0 Å². The fourth-order valence-electron chi connectivity index (χ4n) is 1.53. The summed E-state index contributed by atoms with van der Waals surface area (Å²) in [5.74, 6) is 0.977. The molecule has 0 aliphatic rings. The van der Waals surface area contributed by atoms with Gasteiger partial charge in [0, 0.05) is 25.6 Å². The quantitative estimate of drug-likeness (QED) is 0.670. The Morgan fingerprint density at radius 2 is 2.00 bits per heavy atom. The van der Waals surface area contributed by atoms with Gasteiger partial charge in [-0.3, -0.25) is 4.79 Å². The van der Waals surface area contributed by atoms with Gasteiger partial charge in [0.2, 0.25) is 5.91 Å². The van der Waals surface area contributed by atoms with Crippen molar-refractivity contribution in [2.45, 2.75) is 32.7 Å². The maximum Gasteiger partial charge on any atom is 0.221 e. The van der Waals surface area contributed by atoms with E-state index in [1.54, 1.807) is 0 Å². The third-order valence-electron chi connectivity index (χ3n) is 2.84. The van der Waals surface area contributed by atoms with Crippen molar-refractivity contribution in [2.75, 3.05) is 19.7 Å². The first-order chi connectivity index (χ1) is 9.22. The standard InChI is InChI=1S/C15H24N2O2/c1-3-13(2)17-15(18)9-10-16-11-12-19-14-7-5-4-6-8-14/h4-8,13,16H,3,9-12H2,1-2H3,(H,17,18). The van der Waals surface area contributed by atoms with Gasteiger partial charge in [-0.2, -0.15) is 0 Å². The molecule has 1 aromatic carbocycles. The summed E-state index contributed by atoms with van der Waals surface area (Å²) >= 11 is 0. The van der Waals surface area contributed by atoms with Gasteiger partial charge in [0.1, 0.15) is 12.4 Å². The first-order valence-corrected chi connectivity index (χ1v) is 6.90. The Hall–Kier alpha value is -1.55. The van der Waals surface area contributed by atoms with Crippen LogP contribution in [-0.4, -0.2) is 31.6 Å². The van der Waals surface area contributed by atoms with Crippen LogP contribution in [0.25, 0.3) is 0 Å². The smallest absolute Gasteiger partial charge is 0.221 e. The number of nitrogens with one attached hydrogen (secondary N) is 2. The zero-order chi connectivity index (χ0) is 13.9. The van der Waals surface area contributed by atoms with Gasteiger partial charge < -0.3 is 15.4 Å². The van der Waals surface area contributed by atoms with Crippen LogP contribution < -0.4 is 15.4 Å². The lowest BCUT2D eigenvalue weighted by molar-refractivity contribution is -0.121. The van der Waals surface area contributed by atoms with Crippen molar-refractivity contribution >= 4 is 5.91 Å². The molecular formula is C15H24N2O2. The highest BCUT2D eigenvalue weighted by molar-refractivity contribution is 5.76. The van der Waals surface area contributed by atoms with Crippen LogP contribution in [-0.2, 0) is 4.79 Å². The molecule has 106 valence electrons. The molecule has 0 spiro atoms. The summed E-state index contributed by atoms with van der Waals surface area (Å²) in [6.45, 7) is 6.10. The Bertz CT molecular complexity index is 354. The number of para-hydroxylation sites is 1. The van der Waals surface area contributed by atoms with Crippen LogP contribution >= 0.6 is 0 Å². The third kappa shape index (κ3) is 7.47. The second-order valence-corrected chi connectivity index (χ2v) is 4.54. The van der Waals surface area contributed by atoms with E-state index in [1.807, 2.05) is 37.3 Å². The average Bonchev–Trinajstić information content (AvgIpc) is 2.43. The number of hydrogen-bond acceptors (Lipinski definition) is 3. The van der Waals surface area contributed by atoms with E-state index in [9.17, 15) is 4.79 Å². The lowest BCUT2D eigenvalue weighted by Gasteiger charge is -2.11. The molecule has 1 amide bonds. The number of benzene rings is 1. The summed E-state index contributed by atoms with van der Waals surface area (Å²) in [5, 5.41) is 6.13. The highest BCUT2D eigenvalue weighted by Crippen LogP contribution is 2.07. The predicted molar refractivity (Wildman–Crippen MR) is 77.3 cm³/mol. The summed E-state index contributed by atoms with van der Waals surface area (Å²) in [6.07, 6.45) is 1.47. The number of rotatable bonds is 9. The molecule has 4 nitrogen and oxygen atoms in total. The molecule has 1 atom stereocenters. The van der Waals surface area contributed by atoms with Crippen molar-refractivity contribution in [3.8, 4) is 5.75 Å². The summed E-state index contributed by atoms with van der Waals surface area (Å²) in [7, 11) is 0. The minimum absolute atomic E-state index is 0.103. The van der Waals surface area contributed by atoms with Gasteiger partial charge in [-0.15, -0.1) is 0 Å². The van der Waals surface area contributed by atoms with E-state index in [1.165, 1.54) is 0 Å². The molecule has 0 saturated carbocycles.